The fourth-order valence-corrected chi connectivity index (χ4v) is 4.09. The predicted octanol–water partition coefficient (Wildman–Crippen LogP) is 3.45. The number of halogens is 2. The smallest absolute Gasteiger partial charge is 0.193 e. The van der Waals surface area contributed by atoms with E-state index in [-0.39, 0.29) is 24.0 Å². The molecule has 2 rings (SSSR count). The monoisotopic (exact) mass is 456 g/mol. The summed E-state index contributed by atoms with van der Waals surface area (Å²) in [5, 5.41) is 4.29. The van der Waals surface area contributed by atoms with Gasteiger partial charge in [-0.2, -0.15) is 11.8 Å². The first kappa shape index (κ1) is 20.0. The van der Waals surface area contributed by atoms with E-state index in [9.17, 15) is 0 Å². The number of nitrogens with zero attached hydrogens (tertiary/aromatic N) is 3. The van der Waals surface area contributed by atoms with E-state index >= 15 is 0 Å². The van der Waals surface area contributed by atoms with Gasteiger partial charge in [0.25, 0.3) is 0 Å². The molecule has 0 atom stereocenters. The standard InChI is InChI=1S/C15H25ClN4S.HI/c1-17-15(18-9-12-4-6-21-7-5-12)20(3)11-14-8-13(16)10-19(14)2;/h8,10,12H,4-7,9,11H2,1-3H3,(H,17,18);1H. The van der Waals surface area contributed by atoms with E-state index in [1.165, 1.54) is 30.0 Å². The normalized spacial score (nSPS) is 16.3. The highest BCUT2D eigenvalue weighted by Gasteiger charge is 2.15. The molecule has 0 amide bonds. The van der Waals surface area contributed by atoms with Gasteiger partial charge >= 0.3 is 0 Å². The maximum Gasteiger partial charge on any atom is 0.193 e. The lowest BCUT2D eigenvalue weighted by atomic mass is 10.0. The predicted molar refractivity (Wildman–Crippen MR) is 109 cm³/mol. The zero-order valence-electron chi connectivity index (χ0n) is 13.5. The summed E-state index contributed by atoms with van der Waals surface area (Å²) in [6.07, 6.45) is 4.55. The van der Waals surface area contributed by atoms with Crippen molar-refractivity contribution in [2.75, 3.05) is 32.1 Å². The summed E-state index contributed by atoms with van der Waals surface area (Å²) >= 11 is 8.11. The molecule has 0 bridgehead atoms. The lowest BCUT2D eigenvalue weighted by molar-refractivity contribution is 0.433. The highest BCUT2D eigenvalue weighted by atomic mass is 127. The van der Waals surface area contributed by atoms with Gasteiger partial charge in [-0.05, 0) is 36.3 Å². The van der Waals surface area contributed by atoms with Crippen LogP contribution < -0.4 is 5.32 Å². The first-order valence-corrected chi connectivity index (χ1v) is 8.93. The van der Waals surface area contributed by atoms with Gasteiger partial charge in [0.1, 0.15) is 0 Å². The Balaban J connectivity index is 0.00000242. The van der Waals surface area contributed by atoms with Crippen molar-refractivity contribution in [3.63, 3.8) is 0 Å². The number of aliphatic imine (C=N–C) groups is 1. The van der Waals surface area contributed by atoms with Crippen molar-refractivity contribution in [2.45, 2.75) is 19.4 Å². The van der Waals surface area contributed by atoms with E-state index in [0.717, 1.165) is 30.0 Å². The number of nitrogens with one attached hydrogen (secondary N) is 1. The largest absolute Gasteiger partial charge is 0.356 e. The first-order valence-electron chi connectivity index (χ1n) is 7.40. The second-order valence-corrected chi connectivity index (χ2v) is 7.26. The number of aromatic nitrogens is 1. The highest BCUT2D eigenvalue weighted by Crippen LogP contribution is 2.22. The molecule has 0 spiro atoms. The van der Waals surface area contributed by atoms with Crippen LogP contribution in [0.3, 0.4) is 0 Å². The van der Waals surface area contributed by atoms with E-state index < -0.39 is 0 Å². The number of hydrogen-bond donors (Lipinski definition) is 1. The molecule has 1 aliphatic rings. The molecule has 1 aromatic rings. The van der Waals surface area contributed by atoms with Crippen LogP contribution in [0.1, 0.15) is 18.5 Å². The van der Waals surface area contributed by atoms with Gasteiger partial charge in [-0.25, -0.2) is 0 Å². The zero-order valence-corrected chi connectivity index (χ0v) is 17.4. The lowest BCUT2D eigenvalue weighted by Crippen LogP contribution is -2.41. The van der Waals surface area contributed by atoms with Gasteiger partial charge in [0.15, 0.2) is 5.96 Å². The summed E-state index contributed by atoms with van der Waals surface area (Å²) < 4.78 is 2.06. The number of aryl methyl sites for hydroxylation is 1. The third kappa shape index (κ3) is 5.85. The van der Waals surface area contributed by atoms with E-state index in [1.54, 1.807) is 0 Å². The summed E-state index contributed by atoms with van der Waals surface area (Å²) in [5.74, 6) is 4.32. The summed E-state index contributed by atoms with van der Waals surface area (Å²) in [7, 11) is 5.92. The number of guanidine groups is 1. The Hall–Kier alpha value is -0.0800. The van der Waals surface area contributed by atoms with Crippen molar-refractivity contribution in [1.82, 2.24) is 14.8 Å². The lowest BCUT2D eigenvalue weighted by Gasteiger charge is -2.26. The molecule has 1 aromatic heterocycles. The maximum absolute atomic E-state index is 6.04. The van der Waals surface area contributed by atoms with Gasteiger partial charge in [0.2, 0.25) is 0 Å². The molecular weight excluding hydrogens is 431 g/mol. The molecule has 0 saturated carbocycles. The third-order valence-electron chi connectivity index (χ3n) is 3.94. The molecule has 0 unspecified atom stereocenters. The van der Waals surface area contributed by atoms with Crippen LogP contribution in [-0.4, -0.2) is 47.6 Å². The van der Waals surface area contributed by atoms with Crippen LogP contribution in [0, 0.1) is 5.92 Å². The van der Waals surface area contributed by atoms with Crippen LogP contribution in [0.25, 0.3) is 0 Å². The minimum Gasteiger partial charge on any atom is -0.356 e. The fraction of sp³-hybridized carbons (Fsp3) is 0.667. The Labute approximate surface area is 160 Å². The van der Waals surface area contributed by atoms with Crippen molar-refractivity contribution in [3.05, 3.63) is 23.0 Å². The first-order chi connectivity index (χ1) is 10.1. The topological polar surface area (TPSA) is 32.6 Å². The molecule has 7 heteroatoms. The minimum atomic E-state index is 0. The van der Waals surface area contributed by atoms with E-state index in [1.807, 2.05) is 26.4 Å². The summed E-state index contributed by atoms with van der Waals surface area (Å²) in [6, 6.07) is 2.00. The van der Waals surface area contributed by atoms with Crippen molar-refractivity contribution < 1.29 is 0 Å². The van der Waals surface area contributed by atoms with Gasteiger partial charge in [-0.3, -0.25) is 4.99 Å². The van der Waals surface area contributed by atoms with Crippen LogP contribution in [0.4, 0.5) is 0 Å². The fourth-order valence-electron chi connectivity index (χ4n) is 2.61. The average Bonchev–Trinajstić information content (AvgIpc) is 2.78. The van der Waals surface area contributed by atoms with E-state index in [2.05, 4.69) is 38.6 Å². The SMILES string of the molecule is CN=C(NCC1CCSCC1)N(C)Cc1cc(Cl)cn1C.I. The molecule has 0 aromatic carbocycles. The molecule has 1 fully saturated rings. The summed E-state index contributed by atoms with van der Waals surface area (Å²) in [5.41, 5.74) is 1.18. The Bertz CT molecular complexity index is 486. The number of hydrogen-bond acceptors (Lipinski definition) is 2. The van der Waals surface area contributed by atoms with Gasteiger partial charge in [-0.1, -0.05) is 11.6 Å². The molecule has 4 nitrogen and oxygen atoms in total. The van der Waals surface area contributed by atoms with Crippen molar-refractivity contribution in [1.29, 1.82) is 0 Å². The Morgan fingerprint density at radius 1 is 1.50 bits per heavy atom. The van der Waals surface area contributed by atoms with Crippen LogP contribution in [-0.2, 0) is 13.6 Å². The van der Waals surface area contributed by atoms with E-state index in [4.69, 9.17) is 11.6 Å². The van der Waals surface area contributed by atoms with Crippen molar-refractivity contribution >= 4 is 53.3 Å². The second-order valence-electron chi connectivity index (χ2n) is 5.60. The quantitative estimate of drug-likeness (QED) is 0.428. The van der Waals surface area contributed by atoms with Gasteiger partial charge in [0, 0.05) is 39.6 Å². The molecule has 0 radical (unpaired) electrons. The van der Waals surface area contributed by atoms with Crippen LogP contribution in [0.5, 0.6) is 0 Å². The van der Waals surface area contributed by atoms with E-state index in [0.29, 0.717) is 0 Å². The van der Waals surface area contributed by atoms with Crippen molar-refractivity contribution in [3.8, 4) is 0 Å². The second kappa shape index (κ2) is 9.93. The Kier molecular flexibility index (Phi) is 9.01. The Morgan fingerprint density at radius 2 is 2.18 bits per heavy atom. The average molecular weight is 457 g/mol. The maximum atomic E-state index is 6.04. The molecule has 2 heterocycles. The summed E-state index contributed by atoms with van der Waals surface area (Å²) in [6.45, 7) is 1.81. The molecule has 126 valence electrons. The van der Waals surface area contributed by atoms with Crippen LogP contribution >= 0.6 is 47.3 Å². The highest BCUT2D eigenvalue weighted by molar-refractivity contribution is 14.0. The molecule has 0 aliphatic carbocycles. The van der Waals surface area contributed by atoms with Gasteiger partial charge in [-0.15, -0.1) is 24.0 Å². The molecule has 1 N–H and O–H groups in total. The van der Waals surface area contributed by atoms with Crippen molar-refractivity contribution in [2.24, 2.45) is 18.0 Å². The molecule has 1 aliphatic heterocycles. The minimum absolute atomic E-state index is 0. The Morgan fingerprint density at radius 3 is 2.73 bits per heavy atom. The molecule has 1 saturated heterocycles. The number of thioether (sulfide) groups is 1. The third-order valence-corrected chi connectivity index (χ3v) is 5.19. The molecular formula is C15H26ClIN4S. The molecule has 22 heavy (non-hydrogen) atoms. The van der Waals surface area contributed by atoms with Crippen LogP contribution in [0.2, 0.25) is 5.02 Å². The number of rotatable bonds is 4. The van der Waals surface area contributed by atoms with Crippen LogP contribution in [0.15, 0.2) is 17.3 Å². The summed E-state index contributed by atoms with van der Waals surface area (Å²) in [4.78, 5) is 6.53. The zero-order chi connectivity index (χ0) is 15.2. The van der Waals surface area contributed by atoms with Gasteiger partial charge in [0.05, 0.1) is 11.6 Å². The van der Waals surface area contributed by atoms with Gasteiger partial charge < -0.3 is 14.8 Å².